The van der Waals surface area contributed by atoms with Gasteiger partial charge in [-0.15, -0.1) is 11.8 Å². The van der Waals surface area contributed by atoms with Crippen molar-refractivity contribution in [3.8, 4) is 0 Å². The van der Waals surface area contributed by atoms with E-state index in [1.54, 1.807) is 11.1 Å². The number of fused-ring (bicyclic) bond motifs is 1. The van der Waals surface area contributed by atoms with Crippen molar-refractivity contribution in [1.29, 1.82) is 0 Å². The van der Waals surface area contributed by atoms with Gasteiger partial charge in [-0.2, -0.15) is 11.8 Å². The van der Waals surface area contributed by atoms with Crippen molar-refractivity contribution in [1.82, 2.24) is 0 Å². The molecule has 1 atom stereocenters. The van der Waals surface area contributed by atoms with E-state index in [-0.39, 0.29) is 0 Å². The van der Waals surface area contributed by atoms with Gasteiger partial charge in [0, 0.05) is 9.64 Å². The first kappa shape index (κ1) is 10.1. The van der Waals surface area contributed by atoms with E-state index in [0.717, 1.165) is 0 Å². The molecule has 0 aliphatic carbocycles. The first-order valence-corrected chi connectivity index (χ1v) is 7.65. The van der Waals surface area contributed by atoms with Gasteiger partial charge in [0.25, 0.3) is 0 Å². The summed E-state index contributed by atoms with van der Waals surface area (Å²) in [6, 6.07) is 7.16. The summed E-state index contributed by atoms with van der Waals surface area (Å²) in [5.74, 6) is 2.64. The Morgan fingerprint density at radius 3 is 2.87 bits per heavy atom. The second kappa shape index (κ2) is 3.74. The lowest BCUT2D eigenvalue weighted by molar-refractivity contribution is 0.623. The zero-order valence-electron chi connectivity index (χ0n) is 9.08. The molecule has 0 radical (unpaired) electrons. The van der Waals surface area contributed by atoms with Crippen molar-refractivity contribution in [2.45, 2.75) is 35.8 Å². The summed E-state index contributed by atoms with van der Waals surface area (Å²) in [6.45, 7) is 2.39. The molecule has 0 nitrogen and oxygen atoms in total. The van der Waals surface area contributed by atoms with E-state index >= 15 is 0 Å². The minimum absolute atomic E-state index is 0.428. The Balaban J connectivity index is 1.97. The van der Waals surface area contributed by atoms with Crippen LogP contribution < -0.4 is 0 Å². The van der Waals surface area contributed by atoms with Gasteiger partial charge in [0.1, 0.15) is 0 Å². The predicted molar refractivity (Wildman–Crippen MR) is 69.9 cm³/mol. The lowest BCUT2D eigenvalue weighted by Crippen LogP contribution is -2.28. The largest absolute Gasteiger partial charge is 0.151 e. The van der Waals surface area contributed by atoms with Gasteiger partial charge in [-0.25, -0.2) is 0 Å². The summed E-state index contributed by atoms with van der Waals surface area (Å²) in [4.78, 5) is 1.53. The van der Waals surface area contributed by atoms with Crippen LogP contribution in [0.25, 0.3) is 0 Å². The van der Waals surface area contributed by atoms with Crippen LogP contribution in [-0.4, -0.2) is 11.5 Å². The second-order valence-corrected chi connectivity index (χ2v) is 7.34. The molecule has 0 N–H and O–H groups in total. The van der Waals surface area contributed by atoms with Gasteiger partial charge in [-0.1, -0.05) is 12.1 Å². The van der Waals surface area contributed by atoms with Crippen LogP contribution in [0.5, 0.6) is 0 Å². The van der Waals surface area contributed by atoms with Crippen molar-refractivity contribution in [2.24, 2.45) is 0 Å². The molecule has 15 heavy (non-hydrogen) atoms. The van der Waals surface area contributed by atoms with Gasteiger partial charge in [0.15, 0.2) is 0 Å². The number of thioether (sulfide) groups is 2. The minimum Gasteiger partial charge on any atom is -0.151 e. The maximum atomic E-state index is 2.47. The van der Waals surface area contributed by atoms with Crippen LogP contribution in [0.1, 0.15) is 30.9 Å². The molecule has 1 aromatic rings. The fourth-order valence-corrected chi connectivity index (χ4v) is 4.45. The third-order valence-electron chi connectivity index (χ3n) is 3.52. The molecule has 1 saturated heterocycles. The zero-order valence-corrected chi connectivity index (χ0v) is 10.7. The van der Waals surface area contributed by atoms with Gasteiger partial charge in [0.05, 0.1) is 0 Å². The Morgan fingerprint density at radius 2 is 2.13 bits per heavy atom. The standard InChI is InChI=1S/C13H16S2/c1-13(6-8-15-13)11-4-5-12-10(9-11)3-2-7-14-12/h4-5,9H,2-3,6-8H2,1H3. The normalized spacial score (nSPS) is 29.4. The third kappa shape index (κ3) is 1.72. The van der Waals surface area contributed by atoms with Gasteiger partial charge in [0.2, 0.25) is 0 Å². The Kier molecular flexibility index (Phi) is 2.52. The summed E-state index contributed by atoms with van der Waals surface area (Å²) in [5, 5.41) is 0. The number of hydrogen-bond acceptors (Lipinski definition) is 2. The van der Waals surface area contributed by atoms with Crippen molar-refractivity contribution >= 4 is 23.5 Å². The average Bonchev–Trinajstić information content (AvgIpc) is 2.25. The number of aryl methyl sites for hydroxylation is 1. The van der Waals surface area contributed by atoms with Crippen molar-refractivity contribution < 1.29 is 0 Å². The third-order valence-corrected chi connectivity index (χ3v) is 6.21. The van der Waals surface area contributed by atoms with Crippen LogP contribution >= 0.6 is 23.5 Å². The molecule has 0 aromatic heterocycles. The van der Waals surface area contributed by atoms with Gasteiger partial charge < -0.3 is 0 Å². The fourth-order valence-electron chi connectivity index (χ4n) is 2.33. The zero-order chi connectivity index (χ0) is 10.3. The first-order valence-electron chi connectivity index (χ1n) is 5.68. The minimum atomic E-state index is 0.428. The lowest BCUT2D eigenvalue weighted by Gasteiger charge is -2.38. The van der Waals surface area contributed by atoms with Crippen molar-refractivity contribution in [3.63, 3.8) is 0 Å². The monoisotopic (exact) mass is 236 g/mol. The van der Waals surface area contributed by atoms with Crippen LogP contribution in [0, 0.1) is 0 Å². The molecule has 2 heterocycles. The topological polar surface area (TPSA) is 0 Å². The molecule has 80 valence electrons. The fraction of sp³-hybridized carbons (Fsp3) is 0.538. The maximum absolute atomic E-state index is 2.47. The van der Waals surface area contributed by atoms with E-state index in [1.807, 2.05) is 11.8 Å². The molecule has 2 aliphatic rings. The summed E-state index contributed by atoms with van der Waals surface area (Å²) in [7, 11) is 0. The van der Waals surface area contributed by atoms with Crippen molar-refractivity contribution in [2.75, 3.05) is 11.5 Å². The number of rotatable bonds is 1. The van der Waals surface area contributed by atoms with Crippen LogP contribution in [0.2, 0.25) is 0 Å². The highest BCUT2D eigenvalue weighted by Gasteiger charge is 2.34. The maximum Gasteiger partial charge on any atom is 0.0388 e. The summed E-state index contributed by atoms with van der Waals surface area (Å²) >= 11 is 4.13. The Labute approximate surface area is 100 Å². The molecule has 0 spiro atoms. The molecule has 1 aromatic carbocycles. The van der Waals surface area contributed by atoms with E-state index in [4.69, 9.17) is 0 Å². The summed E-state index contributed by atoms with van der Waals surface area (Å²) < 4.78 is 0.428. The number of hydrogen-bond donors (Lipinski definition) is 0. The molecule has 0 bridgehead atoms. The molecular formula is C13H16S2. The predicted octanol–water partition coefficient (Wildman–Crippen LogP) is 4.08. The van der Waals surface area contributed by atoms with Gasteiger partial charge >= 0.3 is 0 Å². The Bertz CT molecular complexity index is 380. The van der Waals surface area contributed by atoms with Crippen LogP contribution in [0.15, 0.2) is 23.1 Å². The molecular weight excluding hydrogens is 220 g/mol. The molecule has 0 saturated carbocycles. The van der Waals surface area contributed by atoms with E-state index in [1.165, 1.54) is 35.7 Å². The summed E-state index contributed by atoms with van der Waals surface area (Å²) in [6.07, 6.45) is 3.99. The lowest BCUT2D eigenvalue weighted by atomic mass is 9.94. The molecule has 1 unspecified atom stereocenters. The van der Waals surface area contributed by atoms with Crippen molar-refractivity contribution in [3.05, 3.63) is 29.3 Å². The highest BCUT2D eigenvalue weighted by atomic mass is 32.2. The van der Waals surface area contributed by atoms with E-state index in [0.29, 0.717) is 4.75 Å². The van der Waals surface area contributed by atoms with E-state index in [2.05, 4.69) is 36.9 Å². The smallest absolute Gasteiger partial charge is 0.0388 e. The Hall–Kier alpha value is -0.0800. The van der Waals surface area contributed by atoms with E-state index < -0.39 is 0 Å². The summed E-state index contributed by atoms with van der Waals surface area (Å²) in [5.41, 5.74) is 3.15. The number of benzene rings is 1. The molecule has 1 fully saturated rings. The second-order valence-electron chi connectivity index (χ2n) is 4.60. The first-order chi connectivity index (χ1) is 7.28. The van der Waals surface area contributed by atoms with Crippen LogP contribution in [-0.2, 0) is 11.2 Å². The molecule has 2 heteroatoms. The SMILES string of the molecule is CC1(c2ccc3c(c2)CCCS3)CCS1. The van der Waals surface area contributed by atoms with Gasteiger partial charge in [-0.3, -0.25) is 0 Å². The van der Waals surface area contributed by atoms with Gasteiger partial charge in [-0.05, 0) is 54.9 Å². The molecule has 2 aliphatic heterocycles. The van der Waals surface area contributed by atoms with Crippen LogP contribution in [0.4, 0.5) is 0 Å². The molecule has 3 rings (SSSR count). The molecule has 0 amide bonds. The average molecular weight is 236 g/mol. The Morgan fingerprint density at radius 1 is 1.27 bits per heavy atom. The van der Waals surface area contributed by atoms with E-state index in [9.17, 15) is 0 Å². The van der Waals surface area contributed by atoms with Crippen LogP contribution in [0.3, 0.4) is 0 Å². The highest BCUT2D eigenvalue weighted by molar-refractivity contribution is 8.01. The highest BCUT2D eigenvalue weighted by Crippen LogP contribution is 2.49. The quantitative estimate of drug-likeness (QED) is 0.720.